The van der Waals surface area contributed by atoms with Gasteiger partial charge in [0.05, 0.1) is 19.3 Å². The first-order valence-corrected chi connectivity index (χ1v) is 4.66. The molecule has 1 saturated heterocycles. The van der Waals surface area contributed by atoms with Gasteiger partial charge in [-0.05, 0) is 6.92 Å². The number of carbonyl (C=O) groups excluding carboxylic acids is 1. The minimum Gasteiger partial charge on any atom is -0.379 e. The monoisotopic (exact) mass is 186 g/mol. The summed E-state index contributed by atoms with van der Waals surface area (Å²) in [7, 11) is 3.58. The molecule has 0 aromatic carbocycles. The van der Waals surface area contributed by atoms with Crippen LogP contribution >= 0.6 is 0 Å². The second-order valence-corrected chi connectivity index (χ2v) is 3.56. The van der Waals surface area contributed by atoms with Gasteiger partial charge in [0.2, 0.25) is 5.91 Å². The van der Waals surface area contributed by atoms with Crippen LogP contribution in [-0.2, 0) is 9.53 Å². The zero-order chi connectivity index (χ0) is 9.84. The average Bonchev–Trinajstić information content (AvgIpc) is 2.17. The third-order valence-electron chi connectivity index (χ3n) is 2.39. The van der Waals surface area contributed by atoms with E-state index in [4.69, 9.17) is 4.74 Å². The van der Waals surface area contributed by atoms with Crippen LogP contribution in [0, 0.1) is 0 Å². The highest BCUT2D eigenvalue weighted by Gasteiger charge is 2.23. The lowest BCUT2D eigenvalue weighted by Gasteiger charge is -2.32. The fourth-order valence-corrected chi connectivity index (χ4v) is 1.49. The Morgan fingerprint density at radius 2 is 1.92 bits per heavy atom. The van der Waals surface area contributed by atoms with Crippen LogP contribution in [0.2, 0.25) is 0 Å². The Kier molecular flexibility index (Phi) is 3.69. The minimum absolute atomic E-state index is 0.0149. The van der Waals surface area contributed by atoms with E-state index in [0.717, 1.165) is 26.3 Å². The van der Waals surface area contributed by atoms with Crippen LogP contribution in [0.5, 0.6) is 0 Å². The molecule has 1 rings (SSSR count). The largest absolute Gasteiger partial charge is 0.379 e. The Bertz CT molecular complexity index is 176. The number of amides is 1. The normalized spacial score (nSPS) is 21.2. The third-order valence-corrected chi connectivity index (χ3v) is 2.39. The van der Waals surface area contributed by atoms with Crippen molar-refractivity contribution < 1.29 is 9.53 Å². The topological polar surface area (TPSA) is 32.8 Å². The predicted molar refractivity (Wildman–Crippen MR) is 50.5 cm³/mol. The summed E-state index contributed by atoms with van der Waals surface area (Å²) in [6, 6.07) is -0.0149. The summed E-state index contributed by atoms with van der Waals surface area (Å²) in [4.78, 5) is 15.4. The maximum atomic E-state index is 11.6. The Morgan fingerprint density at radius 3 is 2.38 bits per heavy atom. The van der Waals surface area contributed by atoms with E-state index in [0.29, 0.717) is 0 Å². The second kappa shape index (κ2) is 4.58. The fourth-order valence-electron chi connectivity index (χ4n) is 1.49. The van der Waals surface area contributed by atoms with E-state index in [2.05, 4.69) is 4.90 Å². The van der Waals surface area contributed by atoms with Crippen LogP contribution in [0.15, 0.2) is 0 Å². The van der Waals surface area contributed by atoms with Gasteiger partial charge in [0.1, 0.15) is 0 Å². The van der Waals surface area contributed by atoms with Gasteiger partial charge in [-0.2, -0.15) is 0 Å². The summed E-state index contributed by atoms with van der Waals surface area (Å²) in [5.41, 5.74) is 0. The smallest absolute Gasteiger partial charge is 0.239 e. The number of nitrogens with zero attached hydrogens (tertiary/aromatic N) is 2. The molecule has 0 aliphatic carbocycles. The molecule has 13 heavy (non-hydrogen) atoms. The van der Waals surface area contributed by atoms with Gasteiger partial charge in [-0.3, -0.25) is 9.69 Å². The second-order valence-electron chi connectivity index (χ2n) is 3.56. The molecular weight excluding hydrogens is 168 g/mol. The highest BCUT2D eigenvalue weighted by molar-refractivity contribution is 5.80. The van der Waals surface area contributed by atoms with Gasteiger partial charge in [-0.25, -0.2) is 0 Å². The molecule has 0 saturated carbocycles. The molecular formula is C9H18N2O2. The van der Waals surface area contributed by atoms with Crippen LogP contribution in [0.3, 0.4) is 0 Å². The number of likely N-dealkylation sites (N-methyl/N-ethyl adjacent to an activating group) is 1. The van der Waals surface area contributed by atoms with Crippen molar-refractivity contribution in [2.75, 3.05) is 40.4 Å². The number of ether oxygens (including phenoxy) is 1. The van der Waals surface area contributed by atoms with E-state index in [1.165, 1.54) is 0 Å². The molecule has 0 spiro atoms. The number of hydrogen-bond acceptors (Lipinski definition) is 3. The molecule has 0 aromatic heterocycles. The van der Waals surface area contributed by atoms with E-state index in [9.17, 15) is 4.79 Å². The molecule has 1 atom stereocenters. The maximum Gasteiger partial charge on any atom is 0.239 e. The van der Waals surface area contributed by atoms with Crippen molar-refractivity contribution in [2.24, 2.45) is 0 Å². The van der Waals surface area contributed by atoms with E-state index in [1.807, 2.05) is 6.92 Å². The third kappa shape index (κ3) is 2.67. The lowest BCUT2D eigenvalue weighted by molar-refractivity contribution is -0.135. The molecule has 1 aliphatic rings. The van der Waals surface area contributed by atoms with E-state index in [1.54, 1.807) is 19.0 Å². The van der Waals surface area contributed by atoms with E-state index >= 15 is 0 Å². The van der Waals surface area contributed by atoms with Crippen LogP contribution in [0.4, 0.5) is 0 Å². The quantitative estimate of drug-likeness (QED) is 0.598. The van der Waals surface area contributed by atoms with Gasteiger partial charge >= 0.3 is 0 Å². The lowest BCUT2D eigenvalue weighted by Crippen LogP contribution is -2.49. The summed E-state index contributed by atoms with van der Waals surface area (Å²) in [5, 5.41) is 0. The van der Waals surface area contributed by atoms with Gasteiger partial charge < -0.3 is 9.64 Å². The molecule has 4 heteroatoms. The Balaban J connectivity index is 2.45. The van der Waals surface area contributed by atoms with Crippen LogP contribution < -0.4 is 0 Å². The van der Waals surface area contributed by atoms with Crippen molar-refractivity contribution in [2.45, 2.75) is 13.0 Å². The van der Waals surface area contributed by atoms with Crippen molar-refractivity contribution in [1.82, 2.24) is 9.80 Å². The average molecular weight is 186 g/mol. The van der Waals surface area contributed by atoms with Crippen molar-refractivity contribution >= 4 is 5.91 Å². The molecule has 1 aliphatic heterocycles. The van der Waals surface area contributed by atoms with Gasteiger partial charge in [0, 0.05) is 27.2 Å². The van der Waals surface area contributed by atoms with Gasteiger partial charge in [-0.15, -0.1) is 0 Å². The van der Waals surface area contributed by atoms with Crippen LogP contribution in [0.25, 0.3) is 0 Å². The molecule has 4 nitrogen and oxygen atoms in total. The molecule has 0 N–H and O–H groups in total. The Morgan fingerprint density at radius 1 is 1.38 bits per heavy atom. The summed E-state index contributed by atoms with van der Waals surface area (Å²) < 4.78 is 5.22. The fraction of sp³-hybridized carbons (Fsp3) is 0.889. The predicted octanol–water partition coefficient (Wildman–Crippen LogP) is -0.205. The Labute approximate surface area is 79.4 Å². The minimum atomic E-state index is -0.0149. The highest BCUT2D eigenvalue weighted by atomic mass is 16.5. The summed E-state index contributed by atoms with van der Waals surface area (Å²) in [6.45, 7) is 5.16. The molecule has 1 amide bonds. The number of carbonyl (C=O) groups is 1. The van der Waals surface area contributed by atoms with Gasteiger partial charge in [-0.1, -0.05) is 0 Å². The van der Waals surface area contributed by atoms with Crippen LogP contribution in [-0.4, -0.2) is 62.1 Å². The van der Waals surface area contributed by atoms with Crippen molar-refractivity contribution in [1.29, 1.82) is 0 Å². The molecule has 1 heterocycles. The van der Waals surface area contributed by atoms with E-state index < -0.39 is 0 Å². The van der Waals surface area contributed by atoms with E-state index in [-0.39, 0.29) is 11.9 Å². The molecule has 0 bridgehead atoms. The number of rotatable bonds is 2. The summed E-state index contributed by atoms with van der Waals surface area (Å²) in [5.74, 6) is 0.168. The molecule has 0 unspecified atom stereocenters. The lowest BCUT2D eigenvalue weighted by atomic mass is 10.2. The van der Waals surface area contributed by atoms with Crippen molar-refractivity contribution in [3.05, 3.63) is 0 Å². The Hall–Kier alpha value is -0.610. The summed E-state index contributed by atoms with van der Waals surface area (Å²) >= 11 is 0. The number of hydrogen-bond donors (Lipinski definition) is 0. The van der Waals surface area contributed by atoms with Crippen molar-refractivity contribution in [3.63, 3.8) is 0 Å². The van der Waals surface area contributed by atoms with Gasteiger partial charge in [0.15, 0.2) is 0 Å². The zero-order valence-corrected chi connectivity index (χ0v) is 8.62. The first-order valence-electron chi connectivity index (χ1n) is 4.66. The maximum absolute atomic E-state index is 11.6. The zero-order valence-electron chi connectivity index (χ0n) is 8.62. The highest BCUT2D eigenvalue weighted by Crippen LogP contribution is 2.05. The number of morpholine rings is 1. The molecule has 0 aromatic rings. The van der Waals surface area contributed by atoms with Crippen LogP contribution in [0.1, 0.15) is 6.92 Å². The SMILES string of the molecule is C[C@@H](C(=O)N(C)C)N1CCOCC1. The molecule has 76 valence electrons. The standard InChI is InChI=1S/C9H18N2O2/c1-8(9(12)10(2)3)11-4-6-13-7-5-11/h8H,4-7H2,1-3H3/t8-/m0/s1. The van der Waals surface area contributed by atoms with Crippen molar-refractivity contribution in [3.8, 4) is 0 Å². The molecule has 1 fully saturated rings. The summed E-state index contributed by atoms with van der Waals surface area (Å²) in [6.07, 6.45) is 0. The first-order chi connectivity index (χ1) is 6.13. The first kappa shape index (κ1) is 10.5. The molecule has 0 radical (unpaired) electrons. The van der Waals surface area contributed by atoms with Gasteiger partial charge in [0.25, 0.3) is 0 Å².